The largest absolute Gasteiger partial charge is 0.393 e. The number of rotatable bonds is 29. The number of aliphatic hydroxyl groups excluding tert-OH is 1. The molecule has 113 heavy (non-hydrogen) atoms. The molecule has 16 rings (SSSR count). The molecule has 16 N–H and O–H groups in total. The molecule has 0 radical (unpaired) electrons. The molecule has 7 aliphatic rings. The maximum absolute atomic E-state index is 13.1. The number of nitrogen functional groups attached to an aromatic ring is 4. The molecule has 0 amide bonds. The summed E-state index contributed by atoms with van der Waals surface area (Å²) in [6.07, 6.45) is -10.7. The van der Waals surface area contributed by atoms with Crippen LogP contribution >= 0.6 is 33.6 Å². The lowest BCUT2D eigenvalue weighted by molar-refractivity contribution is -0.217. The Kier molecular flexibility index (Phi) is 21.9. The van der Waals surface area contributed by atoms with Crippen LogP contribution in [0.1, 0.15) is 69.8 Å². The SMILES string of the molecule is COP(O)(=S)O[C@@H]1C[C@H](n2cc(C)c(=O)[nH]c2=O)O[C@@H]1COP(O)(=S)O[C@@H]1C[C@H](n2cnc3c(N)ncnc32)O[C@@H]1COP(O)(=S)O[C@@H]1C[C@H](n2cnc3c(=O)[nH]c(N)nc32)O[C@@H]1COP(O)(=S)O[C@@H]1C2O[C@@H](C)[C@]1(COP(O)(=S)O[C@@H]1C3O[C@@H](C)[C@]1(CO)O[C@H]3n1cnc3c(N)ncnc31)O[C@H]2n1cnc2c(N)ncnc21. The predicted octanol–water partition coefficient (Wildman–Crippen LogP) is -0.486. The first-order chi connectivity index (χ1) is 53.6. The fourth-order valence-corrected chi connectivity index (χ4v) is 21.4. The van der Waals surface area contributed by atoms with Crippen molar-refractivity contribution in [1.29, 1.82) is 0 Å². The van der Waals surface area contributed by atoms with Gasteiger partial charge in [-0.1, -0.05) is 0 Å². The summed E-state index contributed by atoms with van der Waals surface area (Å²) in [5.41, 5.74) is 20.1. The zero-order valence-corrected chi connectivity index (χ0v) is 67.2. The number of aromatic amines is 2. The number of aliphatic hydroxyl groups is 1. The normalized spacial score (nSPS) is 32.9. The maximum Gasteiger partial charge on any atom is 0.330 e. The molecule has 610 valence electrons. The van der Waals surface area contributed by atoms with Gasteiger partial charge in [0, 0.05) is 38.1 Å². The first-order valence-electron chi connectivity index (χ1n) is 33.8. The number of fused-ring (bicyclic) bond motifs is 8. The highest BCUT2D eigenvalue weighted by atomic mass is 32.5. The summed E-state index contributed by atoms with van der Waals surface area (Å²) in [6, 6.07) is 0. The van der Waals surface area contributed by atoms with Gasteiger partial charge >= 0.3 is 39.3 Å². The van der Waals surface area contributed by atoms with Crippen LogP contribution in [0, 0.1) is 6.92 Å². The van der Waals surface area contributed by atoms with Crippen LogP contribution in [0.4, 0.5) is 23.4 Å². The van der Waals surface area contributed by atoms with Crippen LogP contribution < -0.4 is 39.7 Å². The quantitative estimate of drug-likeness (QED) is 0.0263. The zero-order chi connectivity index (χ0) is 80.0. The fourth-order valence-electron chi connectivity index (χ4n) is 14.6. The van der Waals surface area contributed by atoms with Crippen LogP contribution in [0.2, 0.25) is 0 Å². The minimum absolute atomic E-state index is 0.0236. The number of H-pyrrole nitrogens is 2. The lowest BCUT2D eigenvalue weighted by Gasteiger charge is -2.38. The van der Waals surface area contributed by atoms with Gasteiger partial charge in [-0.25, -0.2) is 54.6 Å². The number of hydrogen-bond acceptors (Lipinski definition) is 41. The Balaban J connectivity index is 0.646. The number of aryl methyl sites for hydroxylation is 1. The van der Waals surface area contributed by atoms with Gasteiger partial charge in [-0.2, -0.15) is 4.98 Å². The summed E-state index contributed by atoms with van der Waals surface area (Å²) in [4.78, 5) is 149. The summed E-state index contributed by atoms with van der Waals surface area (Å²) < 4.78 is 113. The average Bonchev–Trinajstić information content (AvgIpc) is 1.54. The highest BCUT2D eigenvalue weighted by Crippen LogP contribution is 2.62. The van der Waals surface area contributed by atoms with Gasteiger partial charge in [0.15, 0.2) is 58.0 Å². The van der Waals surface area contributed by atoms with E-state index in [0.29, 0.717) is 0 Å². The van der Waals surface area contributed by atoms with Crippen molar-refractivity contribution in [3.05, 3.63) is 87.2 Å². The summed E-state index contributed by atoms with van der Waals surface area (Å²) in [7, 11) is 1.13. The van der Waals surface area contributed by atoms with E-state index in [1.807, 2.05) is 0 Å². The number of nitrogens with one attached hydrogen (secondary N) is 2. The third-order valence-corrected chi connectivity index (χ3v) is 28.1. The van der Waals surface area contributed by atoms with Crippen LogP contribution in [-0.2, 0) is 137 Å². The van der Waals surface area contributed by atoms with E-state index in [1.165, 1.54) is 75.7 Å². The molecular formula is C55H69N22O26P5S5. The lowest BCUT2D eigenvalue weighted by atomic mass is 9.94. The third kappa shape index (κ3) is 15.3. The van der Waals surface area contributed by atoms with E-state index in [0.717, 1.165) is 11.7 Å². The Morgan fingerprint density at radius 2 is 0.903 bits per heavy atom. The van der Waals surface area contributed by atoms with E-state index < -0.39 is 199 Å². The lowest BCUT2D eigenvalue weighted by Crippen LogP contribution is -2.51. The molecule has 48 nitrogen and oxygen atoms in total. The van der Waals surface area contributed by atoms with Gasteiger partial charge in [-0.3, -0.25) is 51.4 Å². The van der Waals surface area contributed by atoms with Crippen molar-refractivity contribution in [1.82, 2.24) is 87.6 Å². The monoisotopic (exact) mass is 1770 g/mol. The van der Waals surface area contributed by atoms with E-state index in [1.54, 1.807) is 13.8 Å². The molecule has 7 fully saturated rings. The number of hydrogen-bond donors (Lipinski definition) is 12. The van der Waals surface area contributed by atoms with Gasteiger partial charge in [0.05, 0.1) is 88.9 Å². The Hall–Kier alpha value is -5.79. The highest BCUT2D eigenvalue weighted by Gasteiger charge is 2.71. The minimum Gasteiger partial charge on any atom is -0.393 e. The molecular weight excluding hydrogens is 1700 g/mol. The minimum atomic E-state index is -4.71. The summed E-state index contributed by atoms with van der Waals surface area (Å²) in [6.45, 7) is -21.0. The van der Waals surface area contributed by atoms with Crippen molar-refractivity contribution in [2.75, 3.05) is 63.1 Å². The first kappa shape index (κ1) is 81.0. The molecule has 4 bridgehead atoms. The Bertz CT molecular complexity index is 5660. The highest BCUT2D eigenvalue weighted by molar-refractivity contribution is 8.08. The van der Waals surface area contributed by atoms with E-state index in [9.17, 15) is 44.0 Å². The number of aromatic nitrogens is 18. The van der Waals surface area contributed by atoms with Crippen LogP contribution in [0.25, 0.3) is 44.7 Å². The van der Waals surface area contributed by atoms with Crippen LogP contribution in [0.3, 0.4) is 0 Å². The number of ether oxygens (including phenoxy) is 7. The fraction of sp³-hybridized carbons (Fsp3) is 0.564. The van der Waals surface area contributed by atoms with E-state index >= 15 is 0 Å². The molecule has 7 saturated heterocycles. The molecule has 0 aromatic carbocycles. The van der Waals surface area contributed by atoms with Gasteiger partial charge in [0.2, 0.25) is 5.95 Å². The third-order valence-electron chi connectivity index (χ3n) is 20.1. The van der Waals surface area contributed by atoms with Crippen molar-refractivity contribution in [2.45, 2.75) is 156 Å². The van der Waals surface area contributed by atoms with Crippen molar-refractivity contribution >= 4 is 161 Å². The topological polar surface area (TPSA) is 632 Å². The van der Waals surface area contributed by atoms with Crippen molar-refractivity contribution in [3.63, 3.8) is 0 Å². The van der Waals surface area contributed by atoms with Crippen molar-refractivity contribution in [3.8, 4) is 0 Å². The van der Waals surface area contributed by atoms with Gasteiger partial charge in [-0.15, -0.1) is 0 Å². The molecule has 0 aliphatic carbocycles. The first-order valence-corrected chi connectivity index (χ1v) is 46.8. The van der Waals surface area contributed by atoms with Crippen LogP contribution in [0.15, 0.2) is 64.9 Å². The standard InChI is InChI=1S/C55H69N22O26P5S5/c1-21-8-73(53(81)72-48(21)79)30-5-24(99-104(82,109)87-4)27(94-30)9-88-105(83,110)100-25-6-31(74-17-66-33-41(56)60-14-63-44(33)74)95-28(25)10-89-106(84,111)101-26-7-32(75-18-69-36-47(75)70-52(59)71-49(36)80)96-29(26)11-90-107(85,112)103-40-38-51(77-20-68-35-43(58)62-16-65-46(35)77)98-55(40,23(3)93-38)13-91-108(86,113)102-39-37-50(97-54(39,12-78)22(2)92-37)76-19-67-34-42(57)61-15-64-45(34)76/h8,14-20,22-32,37-40,50-51,78H,5-7,9-13H2,1-4H3,(H,82,109)(H,83,110)(H,84,111)(H,85,112)(H,86,113)(H2,56,60,63)(H2,57,61,64)(H2,58,62,65)(H,72,79,81)(H3,59,70,71,80)/t22-,23-,24+,25+,26+,27+,28+,29+,30+,31+,32+,37?,38?,39+,40+,50+,51+,54-,55-,104?,105?,106?,107?,108?/m0/s1. The van der Waals surface area contributed by atoms with Crippen molar-refractivity contribution < 1.29 is 108 Å². The molecule has 16 heterocycles. The predicted molar refractivity (Wildman–Crippen MR) is 403 cm³/mol. The number of nitrogens with two attached hydrogens (primary N) is 4. The van der Waals surface area contributed by atoms with E-state index in [2.05, 4.69) is 64.8 Å². The number of anilines is 4. The average molecular weight is 1770 g/mol. The van der Waals surface area contributed by atoms with Crippen LogP contribution in [0.5, 0.6) is 0 Å². The number of imidazole rings is 4. The van der Waals surface area contributed by atoms with Gasteiger partial charge in [-0.05, 0) is 79.8 Å². The van der Waals surface area contributed by atoms with Gasteiger partial charge in [0.1, 0.15) is 108 Å². The smallest absolute Gasteiger partial charge is 0.330 e. The summed E-state index contributed by atoms with van der Waals surface area (Å²) in [5.74, 6) is -0.127. The summed E-state index contributed by atoms with van der Waals surface area (Å²) in [5, 5.41) is 11.1. The van der Waals surface area contributed by atoms with E-state index in [-0.39, 0.29) is 92.9 Å². The second-order valence-electron chi connectivity index (χ2n) is 26.8. The molecule has 9 aromatic heterocycles. The van der Waals surface area contributed by atoms with Gasteiger partial charge < -0.3 is 122 Å². The molecule has 24 atom stereocenters. The second-order valence-corrected chi connectivity index (χ2v) is 40.9. The number of nitrogens with zero attached hydrogens (tertiary/aromatic N) is 16. The Morgan fingerprint density at radius 3 is 1.38 bits per heavy atom. The molecule has 58 heteroatoms. The zero-order valence-electron chi connectivity index (χ0n) is 58.7. The maximum atomic E-state index is 13.1. The molecule has 7 aliphatic heterocycles. The van der Waals surface area contributed by atoms with Crippen molar-refractivity contribution in [2.24, 2.45) is 0 Å². The second kappa shape index (κ2) is 30.5. The van der Waals surface area contributed by atoms with Crippen LogP contribution in [-0.4, -0.2) is 242 Å². The van der Waals surface area contributed by atoms with E-state index in [4.69, 9.17) is 160 Å². The molecule has 7 unspecified atom stereocenters. The molecule has 9 aromatic rings. The van der Waals surface area contributed by atoms with Gasteiger partial charge in [0.25, 0.3) is 11.1 Å². The Labute approximate surface area is 658 Å². The molecule has 0 spiro atoms. The Morgan fingerprint density at radius 1 is 0.504 bits per heavy atom. The molecule has 0 saturated carbocycles. The summed E-state index contributed by atoms with van der Waals surface area (Å²) >= 11 is 28.0.